The fourth-order valence-electron chi connectivity index (χ4n) is 2.78. The monoisotopic (exact) mass is 345 g/mol. The first kappa shape index (κ1) is 15.9. The van der Waals surface area contributed by atoms with Crippen LogP contribution in [0.1, 0.15) is 31.8 Å². The molecule has 26 heavy (non-hydrogen) atoms. The van der Waals surface area contributed by atoms with Crippen LogP contribution in [-0.4, -0.2) is 26.8 Å². The van der Waals surface area contributed by atoms with Crippen LogP contribution >= 0.6 is 0 Å². The van der Waals surface area contributed by atoms with Crippen LogP contribution in [0.2, 0.25) is 0 Å². The van der Waals surface area contributed by atoms with E-state index in [1.165, 1.54) is 6.20 Å². The minimum absolute atomic E-state index is 0.0989. The number of hydrogen-bond acceptors (Lipinski definition) is 5. The van der Waals surface area contributed by atoms with Crippen molar-refractivity contribution in [3.8, 4) is 0 Å². The zero-order chi connectivity index (χ0) is 17.9. The van der Waals surface area contributed by atoms with Gasteiger partial charge in [0.25, 0.3) is 11.8 Å². The molecule has 0 atom stereocenters. The van der Waals surface area contributed by atoms with Crippen LogP contribution in [0.15, 0.2) is 61.2 Å². The third-order valence-electron chi connectivity index (χ3n) is 4.13. The van der Waals surface area contributed by atoms with Crippen LogP contribution in [0.25, 0.3) is 0 Å². The van der Waals surface area contributed by atoms with E-state index in [2.05, 4.69) is 20.3 Å². The molecule has 1 aromatic carbocycles. The Balaban J connectivity index is 1.42. The summed E-state index contributed by atoms with van der Waals surface area (Å²) in [6.07, 6.45) is 6.34. The van der Waals surface area contributed by atoms with Crippen molar-refractivity contribution < 1.29 is 9.59 Å². The Labute approximate surface area is 149 Å². The van der Waals surface area contributed by atoms with Crippen molar-refractivity contribution in [1.82, 2.24) is 20.3 Å². The molecule has 0 unspecified atom stereocenters. The molecule has 0 spiro atoms. The number of benzene rings is 1. The third kappa shape index (κ3) is 3.02. The number of anilines is 1. The fourth-order valence-corrected chi connectivity index (χ4v) is 2.78. The Bertz CT molecular complexity index is 957. The number of aromatic nitrogens is 3. The smallest absolute Gasteiger partial charge is 0.261 e. The van der Waals surface area contributed by atoms with Crippen molar-refractivity contribution in [2.24, 2.45) is 0 Å². The normalized spacial score (nSPS) is 12.8. The molecule has 0 saturated heterocycles. The van der Waals surface area contributed by atoms with Gasteiger partial charge in [-0.05, 0) is 23.8 Å². The number of carbonyl (C=O) groups is 2. The van der Waals surface area contributed by atoms with Gasteiger partial charge in [0.15, 0.2) is 0 Å². The maximum atomic E-state index is 12.4. The van der Waals surface area contributed by atoms with Crippen molar-refractivity contribution in [3.05, 3.63) is 83.4 Å². The average molecular weight is 345 g/mol. The predicted molar refractivity (Wildman–Crippen MR) is 94.4 cm³/mol. The molecule has 0 radical (unpaired) electrons. The highest BCUT2D eigenvalue weighted by molar-refractivity contribution is 6.09. The van der Waals surface area contributed by atoms with Gasteiger partial charge in [-0.15, -0.1) is 0 Å². The summed E-state index contributed by atoms with van der Waals surface area (Å²) >= 11 is 0. The summed E-state index contributed by atoms with van der Waals surface area (Å²) in [7, 11) is 0. The number of fused-ring (bicyclic) bond motifs is 1. The highest BCUT2D eigenvalue weighted by atomic mass is 16.2. The van der Waals surface area contributed by atoms with E-state index in [9.17, 15) is 9.59 Å². The first-order valence-corrected chi connectivity index (χ1v) is 8.11. The molecule has 7 nitrogen and oxygen atoms in total. The summed E-state index contributed by atoms with van der Waals surface area (Å²) in [6, 6.07) is 10.9. The van der Waals surface area contributed by atoms with Crippen molar-refractivity contribution in [2.75, 3.05) is 4.90 Å². The summed E-state index contributed by atoms with van der Waals surface area (Å²) < 4.78 is 0. The van der Waals surface area contributed by atoms with Crippen molar-refractivity contribution in [2.45, 2.75) is 13.1 Å². The molecule has 0 saturated carbocycles. The summed E-state index contributed by atoms with van der Waals surface area (Å²) in [5.74, 6) is 0.0408. The zero-order valence-corrected chi connectivity index (χ0v) is 13.8. The Morgan fingerprint density at radius 3 is 2.62 bits per heavy atom. The first-order chi connectivity index (χ1) is 12.7. The molecular weight excluding hydrogens is 330 g/mol. The van der Waals surface area contributed by atoms with Crippen molar-refractivity contribution in [1.29, 1.82) is 0 Å². The SMILES string of the molecule is O=C(NCc1cnc(N2Cc3ccccc3C2=O)nc1)c1cccnc1. The maximum absolute atomic E-state index is 12.4. The lowest BCUT2D eigenvalue weighted by molar-refractivity contribution is 0.0949. The standard InChI is InChI=1S/C19H15N5O2/c25-17(14-5-3-7-20-11-14)21-8-13-9-22-19(23-10-13)24-12-15-4-1-2-6-16(15)18(24)26/h1-7,9-11H,8,12H2,(H,21,25). The summed E-state index contributed by atoms with van der Waals surface area (Å²) in [4.78, 5) is 38.5. The van der Waals surface area contributed by atoms with Gasteiger partial charge in [-0.3, -0.25) is 19.5 Å². The summed E-state index contributed by atoms with van der Waals surface area (Å²) in [5, 5.41) is 2.79. The van der Waals surface area contributed by atoms with Gasteiger partial charge in [-0.1, -0.05) is 18.2 Å². The van der Waals surface area contributed by atoms with Crippen LogP contribution in [0, 0.1) is 0 Å². The first-order valence-electron chi connectivity index (χ1n) is 8.11. The van der Waals surface area contributed by atoms with Crippen LogP contribution in [0.4, 0.5) is 5.95 Å². The molecular formula is C19H15N5O2. The third-order valence-corrected chi connectivity index (χ3v) is 4.13. The molecule has 3 heterocycles. The second kappa shape index (κ2) is 6.72. The molecule has 3 aromatic rings. The Morgan fingerprint density at radius 2 is 1.88 bits per heavy atom. The topological polar surface area (TPSA) is 88.1 Å². The van der Waals surface area contributed by atoms with Crippen LogP contribution in [0.3, 0.4) is 0 Å². The molecule has 0 fully saturated rings. The second-order valence-electron chi connectivity index (χ2n) is 5.86. The van der Waals surface area contributed by atoms with Gasteiger partial charge in [0.05, 0.1) is 12.1 Å². The van der Waals surface area contributed by atoms with Crippen molar-refractivity contribution >= 4 is 17.8 Å². The highest BCUT2D eigenvalue weighted by Gasteiger charge is 2.29. The van der Waals surface area contributed by atoms with Gasteiger partial charge in [-0.25, -0.2) is 9.97 Å². The van der Waals surface area contributed by atoms with Gasteiger partial charge in [0, 0.05) is 42.5 Å². The lowest BCUT2D eigenvalue weighted by Crippen LogP contribution is -2.26. The molecule has 7 heteroatoms. The minimum atomic E-state index is -0.215. The largest absolute Gasteiger partial charge is 0.348 e. The molecule has 128 valence electrons. The van der Waals surface area contributed by atoms with E-state index in [4.69, 9.17) is 0 Å². The zero-order valence-electron chi connectivity index (χ0n) is 13.8. The van der Waals surface area contributed by atoms with Gasteiger partial charge in [0.1, 0.15) is 0 Å². The average Bonchev–Trinajstić information content (AvgIpc) is 3.04. The number of nitrogens with one attached hydrogen (secondary N) is 1. The lowest BCUT2D eigenvalue weighted by Gasteiger charge is -2.13. The van der Waals surface area contributed by atoms with E-state index in [1.54, 1.807) is 41.7 Å². The number of nitrogens with zero attached hydrogens (tertiary/aromatic N) is 4. The molecule has 2 aromatic heterocycles. The van der Waals surface area contributed by atoms with Gasteiger partial charge in [0.2, 0.25) is 5.95 Å². The van der Waals surface area contributed by atoms with Gasteiger partial charge in [-0.2, -0.15) is 0 Å². The highest BCUT2D eigenvalue weighted by Crippen LogP contribution is 2.25. The van der Waals surface area contributed by atoms with Crippen LogP contribution < -0.4 is 10.2 Å². The number of rotatable bonds is 4. The minimum Gasteiger partial charge on any atom is -0.348 e. The van der Waals surface area contributed by atoms with E-state index >= 15 is 0 Å². The number of pyridine rings is 1. The van der Waals surface area contributed by atoms with E-state index < -0.39 is 0 Å². The maximum Gasteiger partial charge on any atom is 0.261 e. The number of carbonyl (C=O) groups excluding carboxylic acids is 2. The Kier molecular flexibility index (Phi) is 4.10. The van der Waals surface area contributed by atoms with E-state index in [-0.39, 0.29) is 11.8 Å². The quantitative estimate of drug-likeness (QED) is 0.781. The molecule has 1 aliphatic rings. The summed E-state index contributed by atoms with van der Waals surface area (Å²) in [5.41, 5.74) is 2.89. The second-order valence-corrected chi connectivity index (χ2v) is 5.86. The molecule has 1 aliphatic heterocycles. The molecule has 4 rings (SSSR count). The fraction of sp³-hybridized carbons (Fsp3) is 0.105. The van der Waals surface area contributed by atoms with Crippen molar-refractivity contribution in [3.63, 3.8) is 0 Å². The van der Waals surface area contributed by atoms with Gasteiger partial charge < -0.3 is 5.32 Å². The summed E-state index contributed by atoms with van der Waals surface area (Å²) in [6.45, 7) is 0.758. The van der Waals surface area contributed by atoms with Gasteiger partial charge >= 0.3 is 0 Å². The molecule has 0 bridgehead atoms. The molecule has 0 aliphatic carbocycles. The predicted octanol–water partition coefficient (Wildman–Crippen LogP) is 1.96. The Hall–Kier alpha value is -3.61. The van der Waals surface area contributed by atoms with E-state index in [0.717, 1.165) is 11.1 Å². The van der Waals surface area contributed by atoms with E-state index in [1.807, 2.05) is 18.2 Å². The Morgan fingerprint density at radius 1 is 1.08 bits per heavy atom. The van der Waals surface area contributed by atoms with E-state index in [0.29, 0.717) is 30.2 Å². The molecule has 1 N–H and O–H groups in total. The van der Waals surface area contributed by atoms with Crippen LogP contribution in [0.5, 0.6) is 0 Å². The molecule has 2 amide bonds. The number of hydrogen-bond donors (Lipinski definition) is 1. The van der Waals surface area contributed by atoms with Crippen LogP contribution in [-0.2, 0) is 13.1 Å². The number of amides is 2. The lowest BCUT2D eigenvalue weighted by atomic mass is 10.1.